The molecule has 0 unspecified atom stereocenters. The van der Waals surface area contributed by atoms with Crippen molar-refractivity contribution in [1.29, 1.82) is 0 Å². The lowest BCUT2D eigenvalue weighted by molar-refractivity contribution is -0.136. The van der Waals surface area contributed by atoms with E-state index in [0.29, 0.717) is 17.9 Å². The Kier molecular flexibility index (Phi) is 7.04. The van der Waals surface area contributed by atoms with Crippen molar-refractivity contribution in [2.75, 3.05) is 20.2 Å². The molecule has 0 saturated heterocycles. The Morgan fingerprint density at radius 1 is 1.40 bits per heavy atom. The van der Waals surface area contributed by atoms with Crippen LogP contribution in [0, 0.1) is 5.82 Å². The van der Waals surface area contributed by atoms with Crippen LogP contribution in [0.15, 0.2) is 41.6 Å². The summed E-state index contributed by atoms with van der Waals surface area (Å²) in [6, 6.07) is 4.65. The molecule has 5 heteroatoms. The highest BCUT2D eigenvalue weighted by Crippen LogP contribution is 2.25. The normalized spacial score (nSPS) is 15.1. The second-order valence-corrected chi connectivity index (χ2v) is 6.26. The Morgan fingerprint density at radius 3 is 2.88 bits per heavy atom. The summed E-state index contributed by atoms with van der Waals surface area (Å²) in [6.45, 7) is 3.57. The van der Waals surface area contributed by atoms with E-state index in [1.54, 1.807) is 12.1 Å². The molecule has 0 amide bonds. The lowest BCUT2D eigenvalue weighted by Crippen LogP contribution is -2.24. The summed E-state index contributed by atoms with van der Waals surface area (Å²) in [5.74, 6) is -0.860. The number of aryl methyl sites for hydroxylation is 1. The highest BCUT2D eigenvalue weighted by atomic mass is 19.1. The molecule has 0 radical (unpaired) electrons. The predicted molar refractivity (Wildman–Crippen MR) is 96.2 cm³/mol. The molecule has 2 rings (SSSR count). The van der Waals surface area contributed by atoms with E-state index in [9.17, 15) is 9.18 Å². The third-order valence-corrected chi connectivity index (χ3v) is 4.38. The molecule has 1 aromatic rings. The van der Waals surface area contributed by atoms with Crippen molar-refractivity contribution in [1.82, 2.24) is 4.90 Å². The van der Waals surface area contributed by atoms with E-state index in [4.69, 9.17) is 9.84 Å². The first-order chi connectivity index (χ1) is 12.0. The van der Waals surface area contributed by atoms with Crippen LogP contribution in [0.5, 0.6) is 5.75 Å². The van der Waals surface area contributed by atoms with Crippen LogP contribution in [0.1, 0.15) is 38.2 Å². The van der Waals surface area contributed by atoms with Crippen LogP contribution in [-0.4, -0.2) is 36.2 Å². The quantitative estimate of drug-likeness (QED) is 0.767. The van der Waals surface area contributed by atoms with Gasteiger partial charge in [-0.3, -0.25) is 4.79 Å². The monoisotopic (exact) mass is 347 g/mol. The fourth-order valence-corrected chi connectivity index (χ4v) is 3.06. The van der Waals surface area contributed by atoms with Crippen molar-refractivity contribution in [2.45, 2.75) is 39.0 Å². The van der Waals surface area contributed by atoms with Gasteiger partial charge in [0.1, 0.15) is 11.6 Å². The number of aliphatic carboxylic acids is 1. The van der Waals surface area contributed by atoms with Gasteiger partial charge in [0, 0.05) is 38.2 Å². The van der Waals surface area contributed by atoms with Gasteiger partial charge in [-0.05, 0) is 49.5 Å². The van der Waals surface area contributed by atoms with E-state index in [0.717, 1.165) is 25.8 Å². The van der Waals surface area contributed by atoms with E-state index >= 15 is 0 Å². The standard InChI is InChI=1S/C20H26FNO3/c1-3-5-19-16(6-4-12-22(19)2)11-13-25-17-9-7-15(18(21)14-17)8-10-20(23)24/h3,5,7,9,14H,4,6,8,10-13H2,1-2H3,(H,23,24)/b5-3-. The molecule has 0 spiro atoms. The predicted octanol–water partition coefficient (Wildman–Crippen LogP) is 4.17. The van der Waals surface area contributed by atoms with Crippen LogP contribution < -0.4 is 4.74 Å². The number of likely N-dealkylation sites (N-methyl/N-ethyl adjacent to an activating group) is 1. The van der Waals surface area contributed by atoms with Gasteiger partial charge < -0.3 is 14.7 Å². The second-order valence-electron chi connectivity index (χ2n) is 6.26. The van der Waals surface area contributed by atoms with E-state index in [-0.39, 0.29) is 12.8 Å². The molecular weight excluding hydrogens is 321 g/mol. The van der Waals surface area contributed by atoms with Gasteiger partial charge in [0.25, 0.3) is 0 Å². The van der Waals surface area contributed by atoms with E-state index in [1.165, 1.54) is 17.3 Å². The number of nitrogens with zero attached hydrogens (tertiary/aromatic N) is 1. The smallest absolute Gasteiger partial charge is 0.303 e. The SMILES string of the molecule is C/C=C\C1=C(CCOc2ccc(CCC(=O)O)c(F)c2)CCCN1C. The molecule has 0 fully saturated rings. The number of rotatable bonds is 8. The van der Waals surface area contributed by atoms with E-state index in [2.05, 4.69) is 18.0 Å². The number of ether oxygens (including phenoxy) is 1. The largest absolute Gasteiger partial charge is 0.493 e. The van der Waals surface area contributed by atoms with Crippen LogP contribution in [-0.2, 0) is 11.2 Å². The second kappa shape index (κ2) is 9.25. The van der Waals surface area contributed by atoms with Crippen molar-refractivity contribution in [2.24, 2.45) is 0 Å². The summed E-state index contributed by atoms with van der Waals surface area (Å²) < 4.78 is 19.7. The number of hydrogen-bond acceptors (Lipinski definition) is 3. The van der Waals surface area contributed by atoms with E-state index in [1.807, 2.05) is 13.0 Å². The number of allylic oxidation sites excluding steroid dienone is 2. The number of hydrogen-bond donors (Lipinski definition) is 1. The lowest BCUT2D eigenvalue weighted by atomic mass is 9.99. The number of carboxylic acid groups (broad SMARTS) is 1. The molecule has 0 saturated carbocycles. The molecule has 1 N–H and O–H groups in total. The topological polar surface area (TPSA) is 49.8 Å². The Hall–Kier alpha value is -2.30. The van der Waals surface area contributed by atoms with Crippen LogP contribution in [0.3, 0.4) is 0 Å². The first kappa shape index (κ1) is 19.0. The number of halogens is 1. The molecule has 1 aromatic carbocycles. The maximum atomic E-state index is 14.0. The summed E-state index contributed by atoms with van der Waals surface area (Å²) in [7, 11) is 2.10. The molecule has 0 aromatic heterocycles. The summed E-state index contributed by atoms with van der Waals surface area (Å²) in [4.78, 5) is 12.8. The third-order valence-electron chi connectivity index (χ3n) is 4.38. The van der Waals surface area contributed by atoms with Gasteiger partial charge in [0.15, 0.2) is 0 Å². The van der Waals surface area contributed by atoms with Crippen molar-refractivity contribution >= 4 is 5.97 Å². The fraction of sp³-hybridized carbons (Fsp3) is 0.450. The Morgan fingerprint density at radius 2 is 2.20 bits per heavy atom. The Labute approximate surface area is 148 Å². The average Bonchev–Trinajstić information content (AvgIpc) is 2.57. The lowest BCUT2D eigenvalue weighted by Gasteiger charge is -2.29. The Bertz CT molecular complexity index is 667. The van der Waals surface area contributed by atoms with Crippen LogP contribution in [0.4, 0.5) is 4.39 Å². The van der Waals surface area contributed by atoms with Crippen molar-refractivity contribution < 1.29 is 19.0 Å². The van der Waals surface area contributed by atoms with Gasteiger partial charge in [-0.1, -0.05) is 12.1 Å². The summed E-state index contributed by atoms with van der Waals surface area (Å²) in [5.41, 5.74) is 3.03. The first-order valence-corrected chi connectivity index (χ1v) is 8.70. The maximum Gasteiger partial charge on any atom is 0.303 e. The molecule has 0 aliphatic carbocycles. The van der Waals surface area contributed by atoms with Crippen LogP contribution >= 0.6 is 0 Å². The van der Waals surface area contributed by atoms with Crippen LogP contribution in [0.2, 0.25) is 0 Å². The zero-order valence-corrected chi connectivity index (χ0v) is 14.9. The minimum absolute atomic E-state index is 0.0769. The molecule has 1 heterocycles. The van der Waals surface area contributed by atoms with Crippen molar-refractivity contribution in [3.63, 3.8) is 0 Å². The maximum absolute atomic E-state index is 14.0. The van der Waals surface area contributed by atoms with Crippen LogP contribution in [0.25, 0.3) is 0 Å². The van der Waals surface area contributed by atoms with Gasteiger partial charge in [-0.15, -0.1) is 0 Å². The summed E-state index contributed by atoms with van der Waals surface area (Å²) in [5, 5.41) is 8.68. The average molecular weight is 347 g/mol. The molecule has 136 valence electrons. The van der Waals surface area contributed by atoms with Gasteiger partial charge >= 0.3 is 5.97 Å². The van der Waals surface area contributed by atoms with Gasteiger partial charge in [-0.2, -0.15) is 0 Å². The molecule has 0 bridgehead atoms. The fourth-order valence-electron chi connectivity index (χ4n) is 3.06. The highest BCUT2D eigenvalue weighted by Gasteiger charge is 2.15. The molecule has 1 aliphatic rings. The number of carboxylic acids is 1. The zero-order valence-electron chi connectivity index (χ0n) is 14.9. The molecular formula is C20H26FNO3. The first-order valence-electron chi connectivity index (χ1n) is 8.70. The molecule has 25 heavy (non-hydrogen) atoms. The minimum Gasteiger partial charge on any atom is -0.493 e. The highest BCUT2D eigenvalue weighted by molar-refractivity contribution is 5.67. The number of benzene rings is 1. The molecule has 4 nitrogen and oxygen atoms in total. The zero-order chi connectivity index (χ0) is 18.2. The van der Waals surface area contributed by atoms with Gasteiger partial charge in [0.2, 0.25) is 0 Å². The van der Waals surface area contributed by atoms with Gasteiger partial charge in [-0.25, -0.2) is 4.39 Å². The van der Waals surface area contributed by atoms with E-state index < -0.39 is 11.8 Å². The number of carbonyl (C=O) groups is 1. The minimum atomic E-state index is -0.928. The van der Waals surface area contributed by atoms with Gasteiger partial charge in [0.05, 0.1) is 6.61 Å². The molecule has 0 atom stereocenters. The molecule has 1 aliphatic heterocycles. The summed E-state index contributed by atoms with van der Waals surface area (Å²) >= 11 is 0. The third kappa shape index (κ3) is 5.62. The summed E-state index contributed by atoms with van der Waals surface area (Å²) in [6.07, 6.45) is 7.30. The van der Waals surface area contributed by atoms with Crippen molar-refractivity contribution in [3.05, 3.63) is 53.0 Å². The van der Waals surface area contributed by atoms with Crippen molar-refractivity contribution in [3.8, 4) is 5.75 Å². The Balaban J connectivity index is 1.94.